The van der Waals surface area contributed by atoms with E-state index in [0.29, 0.717) is 12.4 Å². The van der Waals surface area contributed by atoms with Crippen LogP contribution in [0.4, 0.5) is 0 Å². The van der Waals surface area contributed by atoms with Crippen molar-refractivity contribution in [3.8, 4) is 0 Å². The van der Waals surface area contributed by atoms with Gasteiger partial charge in [-0.15, -0.1) is 0 Å². The van der Waals surface area contributed by atoms with Crippen molar-refractivity contribution in [1.29, 1.82) is 0 Å². The van der Waals surface area contributed by atoms with Gasteiger partial charge in [0.05, 0.1) is 0 Å². The van der Waals surface area contributed by atoms with E-state index in [1.54, 1.807) is 0 Å². The Morgan fingerprint density at radius 1 is 1.17 bits per heavy atom. The Bertz CT molecular complexity index is 482. The number of hydrogen-bond acceptors (Lipinski definition) is 6. The molecule has 1 heterocycles. The fraction of sp³-hybridized carbons (Fsp3) is 0.588. The fourth-order valence-electron chi connectivity index (χ4n) is 3.05. The van der Waals surface area contributed by atoms with E-state index < -0.39 is 7.12 Å². The van der Waals surface area contributed by atoms with Gasteiger partial charge in [-0.05, 0) is 37.3 Å². The first kappa shape index (κ1) is 20.5. The highest BCUT2D eigenvalue weighted by molar-refractivity contribution is 6.40. The first-order chi connectivity index (χ1) is 11.6. The zero-order valence-corrected chi connectivity index (χ0v) is 14.3. The molecule has 7 heteroatoms. The van der Waals surface area contributed by atoms with Gasteiger partial charge >= 0.3 is 13.3 Å². The summed E-state index contributed by atoms with van der Waals surface area (Å²) in [6.07, 6.45) is 4.91. The number of nitrogens with zero attached hydrogens (tertiary/aromatic N) is 1. The summed E-state index contributed by atoms with van der Waals surface area (Å²) in [7, 11) is 0.866. The molecular formula is C17H27BN2O4. The summed E-state index contributed by atoms with van der Waals surface area (Å²) in [5.41, 5.74) is 2.94. The zero-order chi connectivity index (χ0) is 17.8. The quantitative estimate of drug-likeness (QED) is 0.462. The van der Waals surface area contributed by atoms with Crippen molar-refractivity contribution in [2.75, 3.05) is 13.6 Å². The normalized spacial score (nSPS) is 14.3. The third-order valence-corrected chi connectivity index (χ3v) is 4.37. The van der Waals surface area contributed by atoms with E-state index in [-0.39, 0.29) is 6.15 Å². The Morgan fingerprint density at radius 2 is 1.75 bits per heavy atom. The first-order valence-electron chi connectivity index (χ1n) is 8.42. The predicted molar refractivity (Wildman–Crippen MR) is 91.9 cm³/mol. The molecule has 1 atom stereocenters. The molecule has 1 aromatic rings. The minimum Gasteiger partial charge on any atom is -0.427 e. The number of benzene rings is 1. The molecule has 0 spiro atoms. The van der Waals surface area contributed by atoms with Gasteiger partial charge in [-0.3, -0.25) is 4.90 Å². The maximum atomic E-state index is 8.84. The molecule has 1 aliphatic rings. The van der Waals surface area contributed by atoms with Crippen molar-refractivity contribution in [3.05, 3.63) is 35.4 Å². The van der Waals surface area contributed by atoms with Crippen LogP contribution in [0.2, 0.25) is 6.32 Å². The average molecular weight is 334 g/mol. The Morgan fingerprint density at radius 3 is 2.25 bits per heavy atom. The van der Waals surface area contributed by atoms with Gasteiger partial charge in [-0.2, -0.15) is 9.59 Å². The highest BCUT2D eigenvalue weighted by Gasteiger charge is 2.18. The second kappa shape index (κ2) is 12.0. The van der Waals surface area contributed by atoms with Crippen molar-refractivity contribution in [3.63, 3.8) is 0 Å². The summed E-state index contributed by atoms with van der Waals surface area (Å²) < 4.78 is 0. The second-order valence-electron chi connectivity index (χ2n) is 6.10. The summed E-state index contributed by atoms with van der Waals surface area (Å²) in [5, 5.41) is 21.1. The summed E-state index contributed by atoms with van der Waals surface area (Å²) in [6.45, 7) is 3.26. The predicted octanol–water partition coefficient (Wildman–Crippen LogP) is 1.04. The van der Waals surface area contributed by atoms with Crippen LogP contribution in [-0.2, 0) is 22.7 Å². The van der Waals surface area contributed by atoms with Gasteiger partial charge in [-0.1, -0.05) is 37.1 Å². The Hall–Kier alpha value is -1.50. The van der Waals surface area contributed by atoms with E-state index in [2.05, 4.69) is 34.5 Å². The van der Waals surface area contributed by atoms with Crippen molar-refractivity contribution in [2.24, 2.45) is 0 Å². The van der Waals surface area contributed by atoms with Crippen molar-refractivity contribution in [1.82, 2.24) is 10.2 Å². The van der Waals surface area contributed by atoms with Crippen LogP contribution in [0, 0.1) is 0 Å². The van der Waals surface area contributed by atoms with Gasteiger partial charge in [0.2, 0.25) is 0 Å². The van der Waals surface area contributed by atoms with Gasteiger partial charge in [0.15, 0.2) is 0 Å². The molecule has 24 heavy (non-hydrogen) atoms. The van der Waals surface area contributed by atoms with Crippen LogP contribution in [0.3, 0.4) is 0 Å². The lowest BCUT2D eigenvalue weighted by atomic mass is 9.83. The Balaban J connectivity index is 0.000000891. The van der Waals surface area contributed by atoms with Crippen molar-refractivity contribution >= 4 is 13.3 Å². The topological polar surface area (TPSA) is 89.9 Å². The van der Waals surface area contributed by atoms with Gasteiger partial charge in [0.25, 0.3) is 0 Å². The van der Waals surface area contributed by atoms with Crippen LogP contribution in [0.1, 0.15) is 36.8 Å². The Labute approximate surface area is 144 Å². The molecule has 1 aliphatic heterocycles. The molecule has 0 aromatic heterocycles. The van der Waals surface area contributed by atoms with Crippen molar-refractivity contribution < 1.29 is 19.6 Å². The van der Waals surface area contributed by atoms with Crippen molar-refractivity contribution in [2.45, 2.75) is 51.1 Å². The lowest BCUT2D eigenvalue weighted by Gasteiger charge is -2.20. The number of rotatable bonds is 9. The second-order valence-corrected chi connectivity index (χ2v) is 6.10. The molecule has 132 valence electrons. The van der Waals surface area contributed by atoms with Crippen LogP contribution < -0.4 is 5.32 Å². The van der Waals surface area contributed by atoms with Crippen LogP contribution in [-0.4, -0.2) is 47.9 Å². The van der Waals surface area contributed by atoms with E-state index >= 15 is 0 Å². The van der Waals surface area contributed by atoms with E-state index in [9.17, 15) is 0 Å². The third kappa shape index (κ3) is 7.86. The number of fused-ring (bicyclic) bond motifs is 1. The molecule has 0 aliphatic carbocycles. The molecule has 0 radical (unpaired) electrons. The lowest BCUT2D eigenvalue weighted by Crippen LogP contribution is -2.30. The smallest absolute Gasteiger partial charge is 0.427 e. The van der Waals surface area contributed by atoms with Crippen LogP contribution in [0.15, 0.2) is 24.3 Å². The fourth-order valence-corrected chi connectivity index (χ4v) is 3.05. The molecule has 1 unspecified atom stereocenters. The maximum absolute atomic E-state index is 8.84. The molecule has 0 amide bonds. The monoisotopic (exact) mass is 334 g/mol. The number of unbranched alkanes of at least 4 members (excludes halogenated alkanes) is 1. The van der Waals surface area contributed by atoms with Crippen LogP contribution in [0.5, 0.6) is 0 Å². The Kier molecular flexibility index (Phi) is 10.2. The molecule has 0 fully saturated rings. The van der Waals surface area contributed by atoms with Gasteiger partial charge in [-0.25, -0.2) is 0 Å². The van der Waals surface area contributed by atoms with E-state index in [1.807, 2.05) is 7.05 Å². The number of nitrogens with one attached hydrogen (secondary N) is 1. The van der Waals surface area contributed by atoms with Crippen LogP contribution in [0.25, 0.3) is 0 Å². The minimum absolute atomic E-state index is 0.250. The largest absolute Gasteiger partial charge is 0.451 e. The standard InChI is InChI=1S/C16H27BN2O2.CO2/c1-18-16(8-4-5-10-17(20)21)9-11-19-12-14-6-2-3-7-15(14)13-19;2-1-3/h2-3,6-7,16,18,20-21H,4-5,8-13H2,1H3;. The molecule has 0 bridgehead atoms. The summed E-state index contributed by atoms with van der Waals surface area (Å²) in [5.74, 6) is 0. The number of carbonyl (C=O) groups excluding carboxylic acids is 2. The van der Waals surface area contributed by atoms with E-state index in [4.69, 9.17) is 19.6 Å². The molecule has 1 aromatic carbocycles. The minimum atomic E-state index is -1.15. The molecule has 0 saturated carbocycles. The number of hydrogen-bond donors (Lipinski definition) is 3. The lowest BCUT2D eigenvalue weighted by molar-refractivity contribution is -0.191. The molecule has 6 nitrogen and oxygen atoms in total. The molecule has 0 saturated heterocycles. The maximum Gasteiger partial charge on any atom is 0.451 e. The summed E-state index contributed by atoms with van der Waals surface area (Å²) in [6, 6.07) is 9.21. The molecule has 3 N–H and O–H groups in total. The third-order valence-electron chi connectivity index (χ3n) is 4.37. The summed E-state index contributed by atoms with van der Waals surface area (Å²) in [4.78, 5) is 18.8. The van der Waals surface area contributed by atoms with Gasteiger partial charge in [0, 0.05) is 25.7 Å². The first-order valence-corrected chi connectivity index (χ1v) is 8.42. The summed E-state index contributed by atoms with van der Waals surface area (Å²) >= 11 is 0. The SMILES string of the molecule is CNC(CCCCB(O)O)CCN1Cc2ccccc2C1.O=C=O. The van der Waals surface area contributed by atoms with Gasteiger partial charge < -0.3 is 15.4 Å². The molecule has 2 rings (SSSR count). The molecular weight excluding hydrogens is 307 g/mol. The highest BCUT2D eigenvalue weighted by Crippen LogP contribution is 2.22. The highest BCUT2D eigenvalue weighted by atomic mass is 16.4. The van der Waals surface area contributed by atoms with E-state index in [1.165, 1.54) is 11.1 Å². The zero-order valence-electron chi connectivity index (χ0n) is 14.3. The van der Waals surface area contributed by atoms with Crippen LogP contribution >= 0.6 is 0 Å². The van der Waals surface area contributed by atoms with E-state index in [0.717, 1.165) is 45.3 Å². The van der Waals surface area contributed by atoms with Gasteiger partial charge in [0.1, 0.15) is 0 Å². The average Bonchev–Trinajstić information content (AvgIpc) is 2.97.